The van der Waals surface area contributed by atoms with Crippen LogP contribution in [0.25, 0.3) is 0 Å². The van der Waals surface area contributed by atoms with Crippen LogP contribution in [0.3, 0.4) is 0 Å². The molecule has 9 heteroatoms. The maximum atomic E-state index is 11.6. The maximum absolute atomic E-state index is 11.6. The van der Waals surface area contributed by atoms with Gasteiger partial charge in [-0.15, -0.1) is 15.9 Å². The molecule has 0 aromatic rings. The Balaban J connectivity index is 4.41. The molecule has 0 atom stereocenters. The maximum Gasteiger partial charge on any atom is 0.389 e. The Bertz CT molecular complexity index is 334. The molecule has 108 valence electrons. The number of rotatable bonds is 10. The number of carbonyl (C=O) groups excluding carboxylic acids is 1. The summed E-state index contributed by atoms with van der Waals surface area (Å²) in [5, 5.41) is 8.44. The Labute approximate surface area is 112 Å². The van der Waals surface area contributed by atoms with Crippen molar-refractivity contribution in [2.45, 2.75) is 19.8 Å². The van der Waals surface area contributed by atoms with Gasteiger partial charge in [-0.1, -0.05) is 13.3 Å². The standard InChI is InChI=1S/C9H18ClNO6S/c1-2-3-6-16-8-11(5-4-10)18(14,15)17-9(13)7-12/h12H,2-8H2,1H3. The van der Waals surface area contributed by atoms with Gasteiger partial charge in [0.25, 0.3) is 0 Å². The lowest BCUT2D eigenvalue weighted by Crippen LogP contribution is -2.37. The molecular formula is C9H18ClNO6S. The van der Waals surface area contributed by atoms with Crippen molar-refractivity contribution in [2.75, 3.05) is 32.4 Å². The van der Waals surface area contributed by atoms with Crippen molar-refractivity contribution in [3.05, 3.63) is 0 Å². The minimum atomic E-state index is -4.27. The molecule has 0 aromatic heterocycles. The van der Waals surface area contributed by atoms with E-state index in [0.717, 1.165) is 17.1 Å². The number of halogens is 1. The van der Waals surface area contributed by atoms with Gasteiger partial charge in [-0.3, -0.25) is 0 Å². The third kappa shape index (κ3) is 7.12. The van der Waals surface area contributed by atoms with E-state index in [2.05, 4.69) is 4.18 Å². The highest BCUT2D eigenvalue weighted by molar-refractivity contribution is 7.84. The molecule has 0 saturated heterocycles. The molecule has 18 heavy (non-hydrogen) atoms. The lowest BCUT2D eigenvalue weighted by atomic mass is 10.4. The predicted octanol–water partition coefficient (Wildman–Crippen LogP) is 0.0817. The van der Waals surface area contributed by atoms with Crippen molar-refractivity contribution in [3.63, 3.8) is 0 Å². The third-order valence-electron chi connectivity index (χ3n) is 1.86. The van der Waals surface area contributed by atoms with E-state index >= 15 is 0 Å². The second kappa shape index (κ2) is 9.51. The number of unbranched alkanes of at least 4 members (excludes halogenated alkanes) is 1. The summed E-state index contributed by atoms with van der Waals surface area (Å²) in [6.07, 6.45) is 1.72. The number of ether oxygens (including phenoxy) is 1. The van der Waals surface area contributed by atoms with Gasteiger partial charge in [0.15, 0.2) is 0 Å². The number of nitrogens with zero attached hydrogens (tertiary/aromatic N) is 1. The number of aliphatic hydroxyl groups excluding tert-OH is 1. The van der Waals surface area contributed by atoms with Gasteiger partial charge in [0, 0.05) is 19.0 Å². The molecule has 0 amide bonds. The Morgan fingerprint density at radius 2 is 2.11 bits per heavy atom. The smallest absolute Gasteiger partial charge is 0.385 e. The minimum absolute atomic E-state index is 0.0348. The first-order valence-corrected chi connectivity index (χ1v) is 7.34. The summed E-state index contributed by atoms with van der Waals surface area (Å²) in [6, 6.07) is 0. The molecule has 0 rings (SSSR count). The van der Waals surface area contributed by atoms with Gasteiger partial charge in [0.2, 0.25) is 0 Å². The van der Waals surface area contributed by atoms with E-state index in [1.54, 1.807) is 0 Å². The van der Waals surface area contributed by atoms with Crippen LogP contribution in [0.15, 0.2) is 0 Å². The van der Waals surface area contributed by atoms with E-state index in [0.29, 0.717) is 6.61 Å². The lowest BCUT2D eigenvalue weighted by Gasteiger charge is -2.19. The molecular weight excluding hydrogens is 286 g/mol. The van der Waals surface area contributed by atoms with Crippen molar-refractivity contribution in [3.8, 4) is 0 Å². The molecule has 0 aliphatic carbocycles. The van der Waals surface area contributed by atoms with Crippen LogP contribution in [-0.4, -0.2) is 56.2 Å². The zero-order valence-electron chi connectivity index (χ0n) is 10.2. The van der Waals surface area contributed by atoms with Crippen LogP contribution < -0.4 is 0 Å². The summed E-state index contributed by atoms with van der Waals surface area (Å²) in [7, 11) is -4.27. The molecule has 0 heterocycles. The van der Waals surface area contributed by atoms with Gasteiger partial charge < -0.3 is 14.0 Å². The highest BCUT2D eigenvalue weighted by atomic mass is 35.5. The summed E-state index contributed by atoms with van der Waals surface area (Å²) >= 11 is 5.46. The number of hydrogen-bond donors (Lipinski definition) is 1. The summed E-state index contributed by atoms with van der Waals surface area (Å²) in [6.45, 7) is 1.07. The molecule has 0 saturated carbocycles. The molecule has 0 spiro atoms. The molecule has 0 unspecified atom stereocenters. The minimum Gasteiger partial charge on any atom is -0.385 e. The van der Waals surface area contributed by atoms with Crippen molar-refractivity contribution in [1.82, 2.24) is 4.31 Å². The fraction of sp³-hybridized carbons (Fsp3) is 0.889. The molecule has 0 radical (unpaired) electrons. The Hall–Kier alpha value is -0.410. The van der Waals surface area contributed by atoms with Crippen LogP contribution in [0.1, 0.15) is 19.8 Å². The molecule has 0 bridgehead atoms. The molecule has 0 aliphatic heterocycles. The number of aliphatic hydroxyl groups is 1. The van der Waals surface area contributed by atoms with Gasteiger partial charge in [0.05, 0.1) is 0 Å². The van der Waals surface area contributed by atoms with Crippen LogP contribution in [0.5, 0.6) is 0 Å². The first kappa shape index (κ1) is 17.6. The summed E-state index contributed by atoms with van der Waals surface area (Å²) < 4.78 is 33.2. The second-order valence-corrected chi connectivity index (χ2v) is 5.24. The highest BCUT2D eigenvalue weighted by Crippen LogP contribution is 2.05. The molecule has 0 aromatic carbocycles. The Morgan fingerprint density at radius 3 is 2.61 bits per heavy atom. The number of carbonyl (C=O) groups is 1. The van der Waals surface area contributed by atoms with E-state index in [9.17, 15) is 13.2 Å². The van der Waals surface area contributed by atoms with E-state index in [1.807, 2.05) is 6.92 Å². The Morgan fingerprint density at radius 1 is 1.44 bits per heavy atom. The van der Waals surface area contributed by atoms with E-state index < -0.39 is 22.9 Å². The zero-order chi connectivity index (χ0) is 14.0. The van der Waals surface area contributed by atoms with E-state index in [1.165, 1.54) is 0 Å². The molecule has 0 fully saturated rings. The van der Waals surface area contributed by atoms with Crippen LogP contribution in [0.2, 0.25) is 0 Å². The van der Waals surface area contributed by atoms with Crippen molar-refractivity contribution in [2.24, 2.45) is 0 Å². The zero-order valence-corrected chi connectivity index (χ0v) is 11.7. The molecule has 1 N–H and O–H groups in total. The monoisotopic (exact) mass is 303 g/mol. The van der Waals surface area contributed by atoms with Crippen LogP contribution in [0.4, 0.5) is 0 Å². The number of alkyl halides is 1. The average molecular weight is 304 g/mol. The van der Waals surface area contributed by atoms with E-state index in [-0.39, 0.29) is 19.2 Å². The molecule has 0 aliphatic rings. The topological polar surface area (TPSA) is 93.1 Å². The normalized spacial score (nSPS) is 11.8. The summed E-state index contributed by atoms with van der Waals surface area (Å²) in [5.41, 5.74) is 0. The summed E-state index contributed by atoms with van der Waals surface area (Å²) in [5.74, 6) is -1.21. The van der Waals surface area contributed by atoms with Gasteiger partial charge in [0.1, 0.15) is 13.3 Å². The Kier molecular flexibility index (Phi) is 9.29. The van der Waals surface area contributed by atoms with Gasteiger partial charge in [-0.25, -0.2) is 4.79 Å². The van der Waals surface area contributed by atoms with E-state index in [4.69, 9.17) is 21.4 Å². The van der Waals surface area contributed by atoms with Crippen LogP contribution >= 0.6 is 11.6 Å². The second-order valence-electron chi connectivity index (χ2n) is 3.33. The van der Waals surface area contributed by atoms with Gasteiger partial charge in [-0.2, -0.15) is 8.42 Å². The van der Waals surface area contributed by atoms with Crippen molar-refractivity contribution in [1.29, 1.82) is 0 Å². The first-order chi connectivity index (χ1) is 8.47. The van der Waals surface area contributed by atoms with Crippen LogP contribution in [-0.2, 0) is 24.0 Å². The fourth-order valence-electron chi connectivity index (χ4n) is 0.944. The quantitative estimate of drug-likeness (QED) is 0.349. The first-order valence-electron chi connectivity index (χ1n) is 5.44. The highest BCUT2D eigenvalue weighted by Gasteiger charge is 2.26. The number of hydrogen-bond acceptors (Lipinski definition) is 6. The van der Waals surface area contributed by atoms with Gasteiger partial charge >= 0.3 is 16.3 Å². The van der Waals surface area contributed by atoms with Crippen molar-refractivity contribution >= 4 is 27.9 Å². The largest absolute Gasteiger partial charge is 0.389 e. The lowest BCUT2D eigenvalue weighted by molar-refractivity contribution is -0.137. The van der Waals surface area contributed by atoms with Crippen LogP contribution in [0, 0.1) is 0 Å². The average Bonchev–Trinajstić information content (AvgIpc) is 2.32. The predicted molar refractivity (Wildman–Crippen MR) is 65.3 cm³/mol. The fourth-order valence-corrected chi connectivity index (χ4v) is 2.16. The van der Waals surface area contributed by atoms with Crippen molar-refractivity contribution < 1.29 is 27.2 Å². The van der Waals surface area contributed by atoms with Gasteiger partial charge in [-0.05, 0) is 6.42 Å². The SMILES string of the molecule is CCCCOCN(CCCl)S(=O)(=O)OC(=O)CO. The summed E-state index contributed by atoms with van der Waals surface area (Å²) in [4.78, 5) is 10.8. The third-order valence-corrected chi connectivity index (χ3v) is 3.34. The molecule has 7 nitrogen and oxygen atoms in total.